The maximum absolute atomic E-state index is 13.1. The first-order chi connectivity index (χ1) is 43.5. The van der Waals surface area contributed by atoms with Crippen LogP contribution in [0.3, 0.4) is 0 Å². The van der Waals surface area contributed by atoms with Gasteiger partial charge in [-0.2, -0.15) is 0 Å². The monoisotopic (exact) mass is 1260 g/mol. The van der Waals surface area contributed by atoms with Gasteiger partial charge in [0.05, 0.1) is 39.9 Å². The quantitative estimate of drug-likeness (QED) is 0.0272. The number of nitrogens with zero attached hydrogens (tertiary/aromatic N) is 1. The van der Waals surface area contributed by atoms with E-state index in [0.717, 1.165) is 109 Å². The van der Waals surface area contributed by atoms with Crippen LogP contribution in [0.5, 0.6) is 0 Å². The maximum Gasteiger partial charge on any atom is 0.268 e. The molecular formula is C80H143N2O6P. The van der Waals surface area contributed by atoms with E-state index in [4.69, 9.17) is 9.05 Å². The number of nitrogens with one attached hydrogen (secondary N) is 1. The topological polar surface area (TPSA) is 108 Å². The Labute approximate surface area is 552 Å². The molecule has 0 aliphatic carbocycles. The molecule has 0 spiro atoms. The molecule has 0 saturated heterocycles. The molecule has 8 nitrogen and oxygen atoms in total. The highest BCUT2D eigenvalue weighted by molar-refractivity contribution is 7.45. The van der Waals surface area contributed by atoms with Crippen LogP contribution in [0.15, 0.2) is 122 Å². The van der Waals surface area contributed by atoms with Crippen LogP contribution in [-0.4, -0.2) is 68.5 Å². The summed E-state index contributed by atoms with van der Waals surface area (Å²) in [5.74, 6) is -0.174. The highest BCUT2D eigenvalue weighted by atomic mass is 31.2. The summed E-state index contributed by atoms with van der Waals surface area (Å²) in [6, 6.07) is -0.816. The SMILES string of the molecule is CC/C=C\C/C=C\C/C=C\C/C=C\C/C=C\C/C=C\C/C=C\C/C=C\C/C=C\C/C=C\CCCCCCCCCCC(=O)NC(COP(=O)([O-])OCC[N+](C)(C)C)C(O)CCCCCCCCCCCCCCCCCCCCCCCCCCCCCC. The number of likely N-dealkylation sites (N-methyl/N-ethyl adjacent to an activating group) is 1. The number of rotatable bonds is 68. The summed E-state index contributed by atoms with van der Waals surface area (Å²) in [4.78, 5) is 25.7. The number of quaternary nitrogens is 1. The average molecular weight is 1260 g/mol. The molecule has 0 aliphatic heterocycles. The van der Waals surface area contributed by atoms with Gasteiger partial charge < -0.3 is 28.8 Å². The van der Waals surface area contributed by atoms with Gasteiger partial charge in [0.1, 0.15) is 13.2 Å². The van der Waals surface area contributed by atoms with Crippen molar-refractivity contribution >= 4 is 13.7 Å². The summed E-state index contributed by atoms with van der Waals surface area (Å²) in [6.45, 7) is 4.63. The van der Waals surface area contributed by atoms with Crippen LogP contribution < -0.4 is 10.2 Å². The Hall–Kier alpha value is -3.10. The summed E-state index contributed by atoms with van der Waals surface area (Å²) in [7, 11) is 1.29. The zero-order valence-electron chi connectivity index (χ0n) is 58.9. The first-order valence-electron chi connectivity index (χ1n) is 37.4. The van der Waals surface area contributed by atoms with Gasteiger partial charge in [-0.1, -0.05) is 354 Å². The van der Waals surface area contributed by atoms with E-state index in [2.05, 4.69) is 141 Å². The van der Waals surface area contributed by atoms with Crippen molar-refractivity contribution in [3.05, 3.63) is 122 Å². The molecule has 2 N–H and O–H groups in total. The minimum Gasteiger partial charge on any atom is -0.756 e. The van der Waals surface area contributed by atoms with Gasteiger partial charge in [-0.15, -0.1) is 0 Å². The van der Waals surface area contributed by atoms with E-state index in [1.807, 2.05) is 21.1 Å². The van der Waals surface area contributed by atoms with Crippen LogP contribution in [0.2, 0.25) is 0 Å². The molecule has 0 aromatic carbocycles. The van der Waals surface area contributed by atoms with Crippen LogP contribution in [0.25, 0.3) is 0 Å². The molecule has 0 aromatic rings. The van der Waals surface area contributed by atoms with Crippen LogP contribution >= 0.6 is 7.82 Å². The van der Waals surface area contributed by atoms with Crippen molar-refractivity contribution in [1.82, 2.24) is 5.32 Å². The number of hydrogen-bond acceptors (Lipinski definition) is 6. The standard InChI is InChI=1S/C80H143N2O6P/c1-6-8-10-12-14-16-18-20-22-24-26-28-30-32-34-36-37-38-39-40-41-42-43-44-45-46-48-50-52-54-56-58-60-62-64-66-68-70-72-74-80(84)81-78(77-88-89(85,86)87-76-75-82(3,4)5)79(83)73-71-69-67-65-63-61-59-57-55-53-51-49-47-35-33-31-29-27-25-23-21-19-17-15-13-11-9-7-2/h8,10,14,16,20,22,26,28,32,34,37-38,40-41,43-44,46,48,52,54,78-79,83H,6-7,9,11-13,15,17-19,21,23-25,27,29-31,33,35-36,39,42,45,47,49-51,53,55-77H2,1-5H3,(H-,81,84,85,86)/b10-8-,16-14-,22-20-,28-26-,34-32-,38-37-,41-40-,44-43-,48-46-,54-52-. The number of phosphoric ester groups is 1. The number of amides is 1. The first-order valence-corrected chi connectivity index (χ1v) is 38.8. The maximum atomic E-state index is 13.1. The second-order valence-corrected chi connectivity index (χ2v) is 27.7. The molecule has 514 valence electrons. The Morgan fingerprint density at radius 3 is 1.00 bits per heavy atom. The minimum absolute atomic E-state index is 0.00559. The number of allylic oxidation sites excluding steroid dienone is 20. The molecule has 3 atom stereocenters. The molecule has 0 saturated carbocycles. The van der Waals surface area contributed by atoms with E-state index >= 15 is 0 Å². The first kappa shape index (κ1) is 85.9. The van der Waals surface area contributed by atoms with Crippen molar-refractivity contribution in [2.45, 2.75) is 341 Å². The summed E-state index contributed by atoms with van der Waals surface area (Å²) in [5.41, 5.74) is 0. The normalized spacial score (nSPS) is 14.3. The van der Waals surface area contributed by atoms with E-state index in [9.17, 15) is 19.4 Å². The third-order valence-corrected chi connectivity index (χ3v) is 17.4. The zero-order valence-corrected chi connectivity index (χ0v) is 59.7. The summed E-state index contributed by atoms with van der Waals surface area (Å²) in [5, 5.41) is 14.1. The molecule has 0 bridgehead atoms. The highest BCUT2D eigenvalue weighted by Gasteiger charge is 2.24. The van der Waals surface area contributed by atoms with Gasteiger partial charge in [-0.05, 0) is 89.9 Å². The van der Waals surface area contributed by atoms with Gasteiger partial charge in [0.15, 0.2) is 0 Å². The fraction of sp³-hybridized carbons (Fsp3) is 0.738. The van der Waals surface area contributed by atoms with Crippen LogP contribution in [0.1, 0.15) is 328 Å². The Morgan fingerprint density at radius 2 is 0.685 bits per heavy atom. The molecule has 3 unspecified atom stereocenters. The molecular weight excluding hydrogens is 1120 g/mol. The van der Waals surface area contributed by atoms with Crippen LogP contribution in [0, 0.1) is 0 Å². The van der Waals surface area contributed by atoms with Crippen molar-refractivity contribution in [2.75, 3.05) is 40.9 Å². The average Bonchev–Trinajstić information content (AvgIpc) is 3.55. The largest absolute Gasteiger partial charge is 0.756 e. The zero-order chi connectivity index (χ0) is 64.8. The van der Waals surface area contributed by atoms with Crippen molar-refractivity contribution in [3.8, 4) is 0 Å². The summed E-state index contributed by atoms with van der Waals surface area (Å²) < 4.78 is 23.6. The van der Waals surface area contributed by atoms with E-state index in [1.54, 1.807) is 0 Å². The lowest BCUT2D eigenvalue weighted by molar-refractivity contribution is -0.870. The molecule has 0 rings (SSSR count). The third-order valence-electron chi connectivity index (χ3n) is 16.5. The van der Waals surface area contributed by atoms with Crippen LogP contribution in [0.4, 0.5) is 0 Å². The molecule has 0 fully saturated rings. The third kappa shape index (κ3) is 72.2. The van der Waals surface area contributed by atoms with Crippen molar-refractivity contribution in [1.29, 1.82) is 0 Å². The van der Waals surface area contributed by atoms with Crippen molar-refractivity contribution in [2.24, 2.45) is 0 Å². The number of aliphatic hydroxyl groups is 1. The fourth-order valence-electron chi connectivity index (χ4n) is 10.7. The number of unbranched alkanes of at least 4 members (excludes halogenated alkanes) is 35. The lowest BCUT2D eigenvalue weighted by Gasteiger charge is -2.30. The summed E-state index contributed by atoms with van der Waals surface area (Å²) >= 11 is 0. The number of hydrogen-bond donors (Lipinski definition) is 2. The number of carbonyl (C=O) groups excluding carboxylic acids is 1. The van der Waals surface area contributed by atoms with Gasteiger partial charge in [-0.3, -0.25) is 9.36 Å². The smallest absolute Gasteiger partial charge is 0.268 e. The summed E-state index contributed by atoms with van der Waals surface area (Å²) in [6.07, 6.45) is 103. The van der Waals surface area contributed by atoms with Gasteiger partial charge in [0, 0.05) is 6.42 Å². The Balaban J connectivity index is 4.08. The van der Waals surface area contributed by atoms with Gasteiger partial charge in [0.2, 0.25) is 5.91 Å². The molecule has 1 amide bonds. The number of phosphoric acid groups is 1. The van der Waals surface area contributed by atoms with Gasteiger partial charge in [0.25, 0.3) is 7.82 Å². The van der Waals surface area contributed by atoms with E-state index in [1.165, 1.54) is 193 Å². The Morgan fingerprint density at radius 1 is 0.404 bits per heavy atom. The fourth-order valence-corrected chi connectivity index (χ4v) is 11.4. The molecule has 0 heterocycles. The molecule has 9 heteroatoms. The molecule has 0 aliphatic rings. The Bertz CT molecular complexity index is 1870. The second kappa shape index (κ2) is 69.2. The van der Waals surface area contributed by atoms with Gasteiger partial charge >= 0.3 is 0 Å². The van der Waals surface area contributed by atoms with E-state index < -0.39 is 20.0 Å². The van der Waals surface area contributed by atoms with Crippen molar-refractivity contribution < 1.29 is 32.9 Å². The lowest BCUT2D eigenvalue weighted by atomic mass is 10.0. The van der Waals surface area contributed by atoms with Gasteiger partial charge in [-0.25, -0.2) is 0 Å². The number of aliphatic hydroxyl groups excluding tert-OH is 1. The minimum atomic E-state index is -4.59. The lowest BCUT2D eigenvalue weighted by Crippen LogP contribution is -2.46. The highest BCUT2D eigenvalue weighted by Crippen LogP contribution is 2.38. The van der Waals surface area contributed by atoms with Crippen molar-refractivity contribution in [3.63, 3.8) is 0 Å². The van der Waals surface area contributed by atoms with E-state index in [0.29, 0.717) is 23.9 Å². The number of carbonyl (C=O) groups is 1. The second-order valence-electron chi connectivity index (χ2n) is 26.3. The predicted octanol–water partition coefficient (Wildman–Crippen LogP) is 23.8. The molecule has 0 aromatic heterocycles. The van der Waals surface area contributed by atoms with E-state index in [-0.39, 0.29) is 19.1 Å². The molecule has 89 heavy (non-hydrogen) atoms. The Kier molecular flexibility index (Phi) is 66.8. The molecule has 0 radical (unpaired) electrons. The predicted molar refractivity (Wildman–Crippen MR) is 389 cm³/mol. The van der Waals surface area contributed by atoms with Crippen LogP contribution in [-0.2, 0) is 18.4 Å².